The monoisotopic (exact) mass is 322 g/mol. The van der Waals surface area contributed by atoms with E-state index in [9.17, 15) is 4.79 Å². The molecule has 2 rings (SSSR count). The number of carbonyl (C=O) groups is 1. The highest BCUT2D eigenvalue weighted by Crippen LogP contribution is 2.25. The average molecular weight is 323 g/mol. The van der Waals surface area contributed by atoms with Crippen molar-refractivity contribution >= 4 is 29.2 Å². The maximum atomic E-state index is 11.9. The summed E-state index contributed by atoms with van der Waals surface area (Å²) in [6.45, 7) is 2.35. The minimum atomic E-state index is -0.239. The maximum Gasteiger partial charge on any atom is 0.315 e. The molecule has 2 aromatic carbocycles. The van der Waals surface area contributed by atoms with E-state index in [4.69, 9.17) is 23.2 Å². The number of benzene rings is 2. The van der Waals surface area contributed by atoms with Crippen molar-refractivity contribution in [3.8, 4) is 0 Å². The zero-order chi connectivity index (χ0) is 15.2. The fourth-order valence-corrected chi connectivity index (χ4v) is 2.53. The topological polar surface area (TPSA) is 41.1 Å². The highest BCUT2D eigenvalue weighted by atomic mass is 35.5. The molecule has 3 nitrogen and oxygen atoms in total. The summed E-state index contributed by atoms with van der Waals surface area (Å²) < 4.78 is 0. The molecule has 0 spiro atoms. The quantitative estimate of drug-likeness (QED) is 0.851. The van der Waals surface area contributed by atoms with Gasteiger partial charge in [-0.05, 0) is 30.2 Å². The van der Waals surface area contributed by atoms with Crippen molar-refractivity contribution in [3.63, 3.8) is 0 Å². The number of rotatable bonds is 4. The first-order valence-corrected chi connectivity index (χ1v) is 7.35. The minimum absolute atomic E-state index is 0.203. The van der Waals surface area contributed by atoms with Crippen LogP contribution in [-0.4, -0.2) is 6.03 Å². The minimum Gasteiger partial charge on any atom is -0.334 e. The molecule has 0 heterocycles. The smallest absolute Gasteiger partial charge is 0.315 e. The van der Waals surface area contributed by atoms with Gasteiger partial charge >= 0.3 is 6.03 Å². The van der Waals surface area contributed by atoms with Crippen molar-refractivity contribution in [2.45, 2.75) is 19.5 Å². The van der Waals surface area contributed by atoms with E-state index in [1.807, 2.05) is 43.3 Å². The van der Waals surface area contributed by atoms with Gasteiger partial charge in [0.05, 0.1) is 6.04 Å². The molecule has 2 amide bonds. The number of nitrogens with one attached hydrogen (secondary N) is 2. The normalized spacial score (nSPS) is 11.8. The number of hydrogen-bond donors (Lipinski definition) is 2. The van der Waals surface area contributed by atoms with Gasteiger partial charge in [0, 0.05) is 16.6 Å². The van der Waals surface area contributed by atoms with Crippen molar-refractivity contribution in [1.29, 1.82) is 0 Å². The number of amides is 2. The Kier molecular flexibility index (Phi) is 5.48. The molecule has 0 aliphatic rings. The first-order valence-electron chi connectivity index (χ1n) is 6.59. The molecule has 2 aromatic rings. The Morgan fingerprint density at radius 3 is 2.52 bits per heavy atom. The van der Waals surface area contributed by atoms with E-state index in [0.717, 1.165) is 11.1 Å². The highest BCUT2D eigenvalue weighted by Gasteiger charge is 2.12. The molecule has 21 heavy (non-hydrogen) atoms. The number of carbonyl (C=O) groups excluding carboxylic acids is 1. The van der Waals surface area contributed by atoms with Crippen LogP contribution in [0.3, 0.4) is 0 Å². The lowest BCUT2D eigenvalue weighted by atomic mass is 10.1. The molecular formula is C16H16Cl2N2O. The molecule has 0 bridgehead atoms. The van der Waals surface area contributed by atoms with E-state index in [-0.39, 0.29) is 12.1 Å². The van der Waals surface area contributed by atoms with Crippen LogP contribution in [-0.2, 0) is 6.54 Å². The van der Waals surface area contributed by atoms with E-state index < -0.39 is 0 Å². The van der Waals surface area contributed by atoms with Gasteiger partial charge in [-0.1, -0.05) is 59.6 Å². The Morgan fingerprint density at radius 1 is 1.14 bits per heavy atom. The third-order valence-corrected chi connectivity index (χ3v) is 3.63. The molecule has 1 unspecified atom stereocenters. The average Bonchev–Trinajstić information content (AvgIpc) is 2.46. The zero-order valence-corrected chi connectivity index (χ0v) is 13.1. The summed E-state index contributed by atoms with van der Waals surface area (Å²) in [6, 6.07) is 14.5. The van der Waals surface area contributed by atoms with Crippen LogP contribution in [0.15, 0.2) is 48.5 Å². The second-order valence-corrected chi connectivity index (χ2v) is 5.54. The number of hydrogen-bond acceptors (Lipinski definition) is 1. The van der Waals surface area contributed by atoms with Gasteiger partial charge in [0.2, 0.25) is 0 Å². The first kappa shape index (κ1) is 15.7. The van der Waals surface area contributed by atoms with Gasteiger partial charge in [0.25, 0.3) is 0 Å². The van der Waals surface area contributed by atoms with Crippen molar-refractivity contribution in [2.24, 2.45) is 0 Å². The van der Waals surface area contributed by atoms with Crippen LogP contribution in [0.4, 0.5) is 4.79 Å². The van der Waals surface area contributed by atoms with Crippen molar-refractivity contribution < 1.29 is 4.79 Å². The molecule has 0 aliphatic heterocycles. The SMILES string of the molecule is CC(NC(=O)NCc1ccccc1)c1ccc(Cl)cc1Cl. The van der Waals surface area contributed by atoms with E-state index >= 15 is 0 Å². The van der Waals surface area contributed by atoms with Gasteiger partial charge in [0.15, 0.2) is 0 Å². The van der Waals surface area contributed by atoms with E-state index in [0.29, 0.717) is 16.6 Å². The third kappa shape index (κ3) is 4.66. The summed E-state index contributed by atoms with van der Waals surface area (Å²) in [5.41, 5.74) is 1.88. The lowest BCUT2D eigenvalue weighted by Gasteiger charge is -2.16. The van der Waals surface area contributed by atoms with Crippen LogP contribution < -0.4 is 10.6 Å². The van der Waals surface area contributed by atoms with E-state index in [1.54, 1.807) is 12.1 Å². The Hall–Kier alpha value is -1.71. The molecule has 2 N–H and O–H groups in total. The molecule has 0 saturated carbocycles. The Balaban J connectivity index is 1.90. The maximum absolute atomic E-state index is 11.9. The number of halogens is 2. The van der Waals surface area contributed by atoms with Gasteiger partial charge in [-0.3, -0.25) is 0 Å². The molecule has 0 aromatic heterocycles. The van der Waals surface area contributed by atoms with Crippen LogP contribution in [0.25, 0.3) is 0 Å². The van der Waals surface area contributed by atoms with E-state index in [1.165, 1.54) is 0 Å². The van der Waals surface area contributed by atoms with Crippen LogP contribution >= 0.6 is 23.2 Å². The second kappa shape index (κ2) is 7.34. The van der Waals surface area contributed by atoms with Gasteiger partial charge in [-0.2, -0.15) is 0 Å². The Morgan fingerprint density at radius 2 is 1.86 bits per heavy atom. The molecule has 0 saturated heterocycles. The summed E-state index contributed by atoms with van der Waals surface area (Å²) in [4.78, 5) is 11.9. The van der Waals surface area contributed by atoms with Gasteiger partial charge in [-0.25, -0.2) is 4.79 Å². The fourth-order valence-electron chi connectivity index (χ4n) is 1.96. The summed E-state index contributed by atoms with van der Waals surface area (Å²) in [6.07, 6.45) is 0. The fraction of sp³-hybridized carbons (Fsp3) is 0.188. The third-order valence-electron chi connectivity index (χ3n) is 3.07. The summed E-state index contributed by atoms with van der Waals surface area (Å²) in [5.74, 6) is 0. The Bertz CT molecular complexity index is 617. The van der Waals surface area contributed by atoms with Crippen LogP contribution in [0.5, 0.6) is 0 Å². The van der Waals surface area contributed by atoms with E-state index in [2.05, 4.69) is 10.6 Å². The van der Waals surface area contributed by atoms with Crippen LogP contribution in [0, 0.1) is 0 Å². The van der Waals surface area contributed by atoms with Crippen molar-refractivity contribution in [1.82, 2.24) is 10.6 Å². The predicted octanol–water partition coefficient (Wildman–Crippen LogP) is 4.55. The summed E-state index contributed by atoms with van der Waals surface area (Å²) >= 11 is 12.0. The van der Waals surface area contributed by atoms with Crippen molar-refractivity contribution in [3.05, 3.63) is 69.7 Å². The second-order valence-electron chi connectivity index (χ2n) is 4.70. The molecule has 0 fully saturated rings. The zero-order valence-electron chi connectivity index (χ0n) is 11.6. The van der Waals surface area contributed by atoms with Gasteiger partial charge in [0.1, 0.15) is 0 Å². The lowest BCUT2D eigenvalue weighted by molar-refractivity contribution is 0.237. The van der Waals surface area contributed by atoms with Crippen LogP contribution in [0.2, 0.25) is 10.0 Å². The largest absolute Gasteiger partial charge is 0.334 e. The summed E-state index contributed by atoms with van der Waals surface area (Å²) in [7, 11) is 0. The lowest BCUT2D eigenvalue weighted by Crippen LogP contribution is -2.36. The van der Waals surface area contributed by atoms with Crippen molar-refractivity contribution in [2.75, 3.05) is 0 Å². The number of urea groups is 1. The van der Waals surface area contributed by atoms with Gasteiger partial charge in [-0.15, -0.1) is 0 Å². The molecule has 0 radical (unpaired) electrons. The van der Waals surface area contributed by atoms with Crippen LogP contribution in [0.1, 0.15) is 24.1 Å². The predicted molar refractivity (Wildman–Crippen MR) is 86.7 cm³/mol. The molecular weight excluding hydrogens is 307 g/mol. The Labute approximate surface area is 134 Å². The molecule has 110 valence electrons. The molecule has 1 atom stereocenters. The first-order chi connectivity index (χ1) is 10.1. The molecule has 0 aliphatic carbocycles. The summed E-state index contributed by atoms with van der Waals surface area (Å²) in [5, 5.41) is 6.77. The standard InChI is InChI=1S/C16H16Cl2N2O/c1-11(14-8-7-13(17)9-15(14)18)20-16(21)19-10-12-5-3-2-4-6-12/h2-9,11H,10H2,1H3,(H2,19,20,21). The van der Waals surface area contributed by atoms with Gasteiger partial charge < -0.3 is 10.6 Å². The highest BCUT2D eigenvalue weighted by molar-refractivity contribution is 6.35. The molecule has 5 heteroatoms.